The number of benzene rings is 1. The average Bonchev–Trinajstić information content (AvgIpc) is 2.64. The second-order valence-electron chi connectivity index (χ2n) is 4.13. The van der Waals surface area contributed by atoms with Crippen LogP contribution in [0.4, 0.5) is 9.59 Å². The third-order valence-electron chi connectivity index (χ3n) is 2.42. The first kappa shape index (κ1) is 26.7. The van der Waals surface area contributed by atoms with Crippen molar-refractivity contribution in [3.63, 3.8) is 0 Å². The quantitative estimate of drug-likeness (QED) is 0.214. The Hall–Kier alpha value is -2.53. The van der Waals surface area contributed by atoms with Gasteiger partial charge < -0.3 is 19.8 Å². The van der Waals surface area contributed by atoms with E-state index in [9.17, 15) is 39.2 Å². The van der Waals surface area contributed by atoms with E-state index >= 15 is 0 Å². The summed E-state index contributed by atoms with van der Waals surface area (Å²) in [6, 6.07) is 5.43. The summed E-state index contributed by atoms with van der Waals surface area (Å²) in [7, 11) is 2.44. The monoisotopic (exact) mass is 504 g/mol. The molecule has 27 heavy (non-hydrogen) atoms. The van der Waals surface area contributed by atoms with Gasteiger partial charge in [-0.05, 0) is 24.3 Å². The van der Waals surface area contributed by atoms with Crippen LogP contribution < -0.4 is 10.2 Å². The van der Waals surface area contributed by atoms with Crippen LogP contribution in [0.2, 0.25) is 0 Å². The molecule has 0 aliphatic rings. The van der Waals surface area contributed by atoms with Gasteiger partial charge in [-0.15, -0.1) is 20.0 Å². The van der Waals surface area contributed by atoms with Gasteiger partial charge >= 0.3 is 48.9 Å². The largest absolute Gasteiger partial charge is 2.00 e. The molecule has 0 bridgehead atoms. The van der Waals surface area contributed by atoms with E-state index in [4.69, 9.17) is 0 Å². The van der Waals surface area contributed by atoms with Crippen LogP contribution in [0.3, 0.4) is 0 Å². The average molecular weight is 504 g/mol. The van der Waals surface area contributed by atoms with E-state index in [1.165, 1.54) is 38.4 Å². The summed E-state index contributed by atoms with van der Waals surface area (Å²) in [5.41, 5.74) is 0.408. The molecule has 0 aliphatic heterocycles. The fourth-order valence-electron chi connectivity index (χ4n) is 1.28. The molecule has 0 saturated carbocycles. The molecule has 1 aromatic rings. The van der Waals surface area contributed by atoms with Gasteiger partial charge in [0, 0.05) is 25.2 Å². The predicted molar refractivity (Wildman–Crippen MR) is 83.6 cm³/mol. The van der Waals surface area contributed by atoms with Crippen molar-refractivity contribution in [1.29, 1.82) is 0 Å². The van der Waals surface area contributed by atoms with Gasteiger partial charge in [0.1, 0.15) is 0 Å². The predicted octanol–water partition coefficient (Wildman–Crippen LogP) is -1.06. The normalized spacial score (nSPS) is 9.11. The van der Waals surface area contributed by atoms with Crippen LogP contribution in [-0.4, -0.2) is 97.0 Å². The Morgan fingerprint density at radius 3 is 1.19 bits per heavy atom. The van der Waals surface area contributed by atoms with Crippen molar-refractivity contribution in [1.82, 2.24) is 10.0 Å². The zero-order valence-electron chi connectivity index (χ0n) is 14.0. The van der Waals surface area contributed by atoms with Gasteiger partial charge in [-0.3, -0.25) is 9.59 Å². The van der Waals surface area contributed by atoms with Crippen LogP contribution in [-0.2, 0) is 0 Å². The van der Waals surface area contributed by atoms with Crippen LogP contribution in [0.5, 0.6) is 0 Å². The summed E-state index contributed by atoms with van der Waals surface area (Å²) in [4.78, 5) is 61.9. The first-order chi connectivity index (χ1) is 12.1. The first-order valence-corrected chi connectivity index (χ1v) is 6.30. The minimum atomic E-state index is -1.91. The number of carbonyl (C=O) groups is 4. The summed E-state index contributed by atoms with van der Waals surface area (Å²) < 4.78 is 0. The van der Waals surface area contributed by atoms with Crippen LogP contribution >= 0.6 is 0 Å². The number of hydrogen-bond acceptors (Lipinski definition) is 10. The molecule has 0 N–H and O–H groups in total. The summed E-state index contributed by atoms with van der Waals surface area (Å²) in [6.45, 7) is 0. The minimum Gasteiger partial charge on any atom is -0.527 e. The number of carbonyl (C=O) groups excluding carboxylic acids is 4. The molecule has 138 valence electrons. The third kappa shape index (κ3) is 10.3. The van der Waals surface area contributed by atoms with E-state index in [1.807, 2.05) is 0 Å². The van der Waals surface area contributed by atoms with E-state index in [-0.39, 0.29) is 60.0 Å². The summed E-state index contributed by atoms with van der Waals surface area (Å²) in [6.07, 6.45) is -3.82. The zero-order chi connectivity index (χ0) is 20.3. The minimum absolute atomic E-state index is 0. The molecule has 0 unspecified atom stereocenters. The van der Waals surface area contributed by atoms with Gasteiger partial charge in [0.15, 0.2) is 12.2 Å². The molecule has 0 radical (unpaired) electrons. The summed E-state index contributed by atoms with van der Waals surface area (Å²) in [5.74, 6) is -1.18. The molecule has 0 fully saturated rings. The van der Waals surface area contributed by atoms with E-state index in [1.54, 1.807) is 0 Å². The standard InChI is InChI=1S/C10H10N4O4.C2H2N2O4.Ba/c1-13(11-17)9(15)7-3-5-8(6-4-7)10(16)14(2)12-18;5-1(6)3-4-2(7)8;/h3-6H,1-2H3;(H,5,6)(H,7,8);/q;;+2/p-2. The van der Waals surface area contributed by atoms with E-state index in [0.717, 1.165) is 0 Å². The molecule has 1 rings (SSSR count). The molecule has 4 amide bonds. The Morgan fingerprint density at radius 2 is 1.00 bits per heavy atom. The number of rotatable bonds is 4. The maximum atomic E-state index is 11.5. The SMILES string of the molecule is CN(N=O)C(=O)c1ccc(C(=O)N(C)N=O)cc1.O=C([O-])N=NC(=O)[O-].[Ba+2]. The van der Waals surface area contributed by atoms with Gasteiger partial charge in [0.2, 0.25) is 0 Å². The smallest absolute Gasteiger partial charge is 0.527 e. The van der Waals surface area contributed by atoms with Crippen molar-refractivity contribution < 1.29 is 29.4 Å². The molecule has 0 spiro atoms. The second kappa shape index (κ2) is 13.6. The van der Waals surface area contributed by atoms with Crippen molar-refractivity contribution in [2.45, 2.75) is 0 Å². The van der Waals surface area contributed by atoms with Crippen LogP contribution in [0.1, 0.15) is 20.7 Å². The number of nitrogens with zero attached hydrogens (tertiary/aromatic N) is 6. The summed E-state index contributed by atoms with van der Waals surface area (Å²) in [5, 5.41) is 28.9. The van der Waals surface area contributed by atoms with Crippen molar-refractivity contribution >= 4 is 72.9 Å². The Morgan fingerprint density at radius 1 is 0.741 bits per heavy atom. The topological polar surface area (TPSA) is 204 Å². The van der Waals surface area contributed by atoms with Crippen molar-refractivity contribution in [2.75, 3.05) is 14.1 Å². The van der Waals surface area contributed by atoms with Gasteiger partial charge in [0.05, 0.1) is 10.6 Å². The Balaban J connectivity index is 0. The molecule has 15 heteroatoms. The number of nitroso groups, excluding NO2 is 2. The van der Waals surface area contributed by atoms with E-state index < -0.39 is 24.0 Å². The van der Waals surface area contributed by atoms with Gasteiger partial charge in [-0.1, -0.05) is 0 Å². The molecular formula is C12H10BaN6O8. The van der Waals surface area contributed by atoms with Gasteiger partial charge in [0.25, 0.3) is 11.8 Å². The van der Waals surface area contributed by atoms with Gasteiger partial charge in [-0.2, -0.15) is 10.0 Å². The van der Waals surface area contributed by atoms with Crippen LogP contribution in [0, 0.1) is 9.81 Å². The van der Waals surface area contributed by atoms with E-state index in [2.05, 4.69) is 20.8 Å². The van der Waals surface area contributed by atoms with E-state index in [0.29, 0.717) is 10.0 Å². The van der Waals surface area contributed by atoms with Crippen molar-refractivity contribution in [2.24, 2.45) is 20.8 Å². The van der Waals surface area contributed by atoms with Crippen LogP contribution in [0.25, 0.3) is 0 Å². The van der Waals surface area contributed by atoms with Crippen molar-refractivity contribution in [3.05, 3.63) is 45.2 Å². The molecular weight excluding hydrogens is 493 g/mol. The number of azo groups is 1. The van der Waals surface area contributed by atoms with Crippen LogP contribution in [0.15, 0.2) is 45.1 Å². The number of carboxylic acid groups (broad SMARTS) is 2. The fraction of sp³-hybridized carbons (Fsp3) is 0.167. The van der Waals surface area contributed by atoms with Gasteiger partial charge in [-0.25, -0.2) is 0 Å². The molecule has 1 aromatic carbocycles. The van der Waals surface area contributed by atoms with Crippen molar-refractivity contribution in [3.8, 4) is 0 Å². The summed E-state index contributed by atoms with van der Waals surface area (Å²) >= 11 is 0. The molecule has 0 saturated heterocycles. The molecule has 0 aromatic heterocycles. The second-order valence-corrected chi connectivity index (χ2v) is 4.13. The maximum absolute atomic E-state index is 11.5. The molecule has 0 aliphatic carbocycles. The zero-order valence-corrected chi connectivity index (χ0v) is 18.4. The Labute approximate surface area is 191 Å². The maximum Gasteiger partial charge on any atom is 2.00 e. The Bertz CT molecular complexity index is 677. The Kier molecular flexibility index (Phi) is 13.5. The number of hydrogen-bond donors (Lipinski definition) is 0. The molecule has 0 atom stereocenters. The first-order valence-electron chi connectivity index (χ1n) is 6.30. The fourth-order valence-corrected chi connectivity index (χ4v) is 1.28. The molecule has 0 heterocycles. The number of amides is 4. The molecule has 14 nitrogen and oxygen atoms in total. The third-order valence-corrected chi connectivity index (χ3v) is 2.42.